The van der Waals surface area contributed by atoms with Crippen molar-refractivity contribution in [1.29, 1.82) is 0 Å². The lowest BCUT2D eigenvalue weighted by Crippen LogP contribution is -2.06. The van der Waals surface area contributed by atoms with Crippen molar-refractivity contribution >= 4 is 34.1 Å². The van der Waals surface area contributed by atoms with Crippen LogP contribution in [0.15, 0.2) is 48.5 Å². The lowest BCUT2D eigenvalue weighted by molar-refractivity contribution is 0.0994. The van der Waals surface area contributed by atoms with Crippen molar-refractivity contribution in [3.05, 3.63) is 63.2 Å². The Morgan fingerprint density at radius 3 is 2.35 bits per heavy atom. The summed E-state index contributed by atoms with van der Waals surface area (Å²) in [6.07, 6.45) is 0.394. The lowest BCUT2D eigenvalue weighted by atomic mass is 10.0. The van der Waals surface area contributed by atoms with Crippen LogP contribution in [-0.2, 0) is 6.42 Å². The summed E-state index contributed by atoms with van der Waals surface area (Å²) in [5.41, 5.74) is 7.94. The first-order valence-electron chi connectivity index (χ1n) is 5.29. The first-order chi connectivity index (χ1) is 8.16. The van der Waals surface area contributed by atoms with Crippen molar-refractivity contribution in [1.82, 2.24) is 0 Å². The SMILES string of the molecule is Nc1ccccc1C(=O)Cc1ccc(I)cc1. The molecule has 0 saturated heterocycles. The molecule has 2 nitrogen and oxygen atoms in total. The molecule has 0 radical (unpaired) electrons. The molecule has 0 aromatic heterocycles. The molecule has 0 spiro atoms. The summed E-state index contributed by atoms with van der Waals surface area (Å²) in [7, 11) is 0. The Labute approximate surface area is 114 Å². The van der Waals surface area contributed by atoms with Gasteiger partial charge in [-0.25, -0.2) is 0 Å². The molecule has 2 N–H and O–H groups in total. The zero-order valence-corrected chi connectivity index (χ0v) is 11.3. The number of hydrogen-bond acceptors (Lipinski definition) is 2. The molecule has 0 heterocycles. The van der Waals surface area contributed by atoms with Crippen LogP contribution in [0.4, 0.5) is 5.69 Å². The average molecular weight is 337 g/mol. The minimum absolute atomic E-state index is 0.0595. The van der Waals surface area contributed by atoms with Gasteiger partial charge in [-0.2, -0.15) is 0 Å². The van der Waals surface area contributed by atoms with Gasteiger partial charge < -0.3 is 5.73 Å². The van der Waals surface area contributed by atoms with E-state index < -0.39 is 0 Å². The molecule has 0 saturated carbocycles. The van der Waals surface area contributed by atoms with Crippen LogP contribution in [0.1, 0.15) is 15.9 Å². The predicted octanol–water partition coefficient (Wildman–Crippen LogP) is 3.30. The van der Waals surface area contributed by atoms with Gasteiger partial charge in [-0.15, -0.1) is 0 Å². The third-order valence-corrected chi connectivity index (χ3v) is 3.26. The second kappa shape index (κ2) is 5.31. The van der Waals surface area contributed by atoms with Crippen molar-refractivity contribution in [2.24, 2.45) is 0 Å². The van der Waals surface area contributed by atoms with Gasteiger partial charge in [0, 0.05) is 21.2 Å². The number of ketones is 1. The number of rotatable bonds is 3. The number of anilines is 1. The predicted molar refractivity (Wildman–Crippen MR) is 78.0 cm³/mol. The highest BCUT2D eigenvalue weighted by Crippen LogP contribution is 2.15. The maximum atomic E-state index is 12.0. The third-order valence-electron chi connectivity index (χ3n) is 2.54. The Morgan fingerprint density at radius 1 is 1.06 bits per heavy atom. The van der Waals surface area contributed by atoms with Crippen LogP contribution in [0.3, 0.4) is 0 Å². The van der Waals surface area contributed by atoms with Crippen LogP contribution in [-0.4, -0.2) is 5.78 Å². The van der Waals surface area contributed by atoms with E-state index in [9.17, 15) is 4.79 Å². The van der Waals surface area contributed by atoms with Crippen LogP contribution in [0.2, 0.25) is 0 Å². The second-order valence-electron chi connectivity index (χ2n) is 3.81. The number of carbonyl (C=O) groups is 1. The highest BCUT2D eigenvalue weighted by Gasteiger charge is 2.09. The van der Waals surface area contributed by atoms with Crippen molar-refractivity contribution in [3.8, 4) is 0 Å². The second-order valence-corrected chi connectivity index (χ2v) is 5.06. The standard InChI is InChI=1S/C14H12INO/c15-11-7-5-10(6-8-11)9-14(17)12-3-1-2-4-13(12)16/h1-8H,9,16H2. The van der Waals surface area contributed by atoms with Gasteiger partial charge in [-0.1, -0.05) is 24.3 Å². The smallest absolute Gasteiger partial charge is 0.169 e. The summed E-state index contributed by atoms with van der Waals surface area (Å²) in [4.78, 5) is 12.0. The van der Waals surface area contributed by atoms with Crippen molar-refractivity contribution in [3.63, 3.8) is 0 Å². The van der Waals surface area contributed by atoms with Gasteiger partial charge in [0.1, 0.15) is 0 Å². The van der Waals surface area contributed by atoms with E-state index in [0.29, 0.717) is 17.7 Å². The molecule has 86 valence electrons. The number of para-hydroxylation sites is 1. The van der Waals surface area contributed by atoms with Gasteiger partial charge in [0.15, 0.2) is 5.78 Å². The van der Waals surface area contributed by atoms with E-state index in [0.717, 1.165) is 9.13 Å². The number of nitrogens with two attached hydrogens (primary N) is 1. The molecule has 0 fully saturated rings. The Balaban J connectivity index is 2.17. The van der Waals surface area contributed by atoms with E-state index in [1.165, 1.54) is 0 Å². The van der Waals surface area contributed by atoms with Crippen LogP contribution in [0.5, 0.6) is 0 Å². The van der Waals surface area contributed by atoms with Gasteiger partial charge in [-0.05, 0) is 52.4 Å². The number of hydrogen-bond donors (Lipinski definition) is 1. The molecule has 0 bridgehead atoms. The summed E-state index contributed by atoms with van der Waals surface area (Å²) in [6, 6.07) is 15.1. The van der Waals surface area contributed by atoms with Gasteiger partial charge in [0.25, 0.3) is 0 Å². The van der Waals surface area contributed by atoms with Gasteiger partial charge in [-0.3, -0.25) is 4.79 Å². The first kappa shape index (κ1) is 12.1. The Morgan fingerprint density at radius 2 is 1.71 bits per heavy atom. The largest absolute Gasteiger partial charge is 0.398 e. The average Bonchev–Trinajstić information content (AvgIpc) is 2.32. The van der Waals surface area contributed by atoms with E-state index in [4.69, 9.17) is 5.73 Å². The monoisotopic (exact) mass is 337 g/mol. The van der Waals surface area contributed by atoms with E-state index in [1.54, 1.807) is 12.1 Å². The fraction of sp³-hybridized carbons (Fsp3) is 0.0714. The van der Waals surface area contributed by atoms with E-state index >= 15 is 0 Å². The Bertz CT molecular complexity index is 534. The molecule has 0 atom stereocenters. The molecule has 0 unspecified atom stereocenters. The van der Waals surface area contributed by atoms with E-state index in [1.807, 2.05) is 36.4 Å². The molecule has 2 aromatic rings. The van der Waals surface area contributed by atoms with Gasteiger partial charge >= 0.3 is 0 Å². The van der Waals surface area contributed by atoms with E-state index in [2.05, 4.69) is 22.6 Å². The Hall–Kier alpha value is -1.36. The topological polar surface area (TPSA) is 43.1 Å². The third kappa shape index (κ3) is 3.06. The summed E-state index contributed by atoms with van der Waals surface area (Å²) in [6.45, 7) is 0. The van der Waals surface area contributed by atoms with E-state index in [-0.39, 0.29) is 5.78 Å². The molecular weight excluding hydrogens is 325 g/mol. The van der Waals surface area contributed by atoms with Crippen molar-refractivity contribution in [2.45, 2.75) is 6.42 Å². The van der Waals surface area contributed by atoms with Crippen LogP contribution in [0, 0.1) is 3.57 Å². The molecule has 3 heteroatoms. The molecular formula is C14H12INO. The minimum Gasteiger partial charge on any atom is -0.398 e. The normalized spacial score (nSPS) is 10.2. The number of Topliss-reactive ketones (excluding diaryl/α,β-unsaturated/α-hetero) is 1. The van der Waals surface area contributed by atoms with Gasteiger partial charge in [0.2, 0.25) is 0 Å². The molecule has 2 rings (SSSR count). The quantitative estimate of drug-likeness (QED) is 0.531. The highest BCUT2D eigenvalue weighted by atomic mass is 127. The molecule has 0 aliphatic heterocycles. The zero-order valence-electron chi connectivity index (χ0n) is 9.19. The molecule has 0 aliphatic rings. The molecule has 17 heavy (non-hydrogen) atoms. The maximum Gasteiger partial charge on any atom is 0.169 e. The minimum atomic E-state index is 0.0595. The number of benzene rings is 2. The van der Waals surface area contributed by atoms with Crippen LogP contribution in [0.25, 0.3) is 0 Å². The highest BCUT2D eigenvalue weighted by molar-refractivity contribution is 14.1. The summed E-state index contributed by atoms with van der Waals surface area (Å²) in [5.74, 6) is 0.0595. The fourth-order valence-corrected chi connectivity index (χ4v) is 1.99. The van der Waals surface area contributed by atoms with Gasteiger partial charge in [0.05, 0.1) is 0 Å². The number of carbonyl (C=O) groups excluding carboxylic acids is 1. The number of halogens is 1. The zero-order chi connectivity index (χ0) is 12.3. The van der Waals surface area contributed by atoms with Crippen molar-refractivity contribution < 1.29 is 4.79 Å². The summed E-state index contributed by atoms with van der Waals surface area (Å²) in [5, 5.41) is 0. The molecule has 0 amide bonds. The maximum absolute atomic E-state index is 12.0. The number of nitrogen functional groups attached to an aromatic ring is 1. The summed E-state index contributed by atoms with van der Waals surface area (Å²) >= 11 is 2.24. The lowest BCUT2D eigenvalue weighted by Gasteiger charge is -2.04. The Kier molecular flexibility index (Phi) is 3.78. The molecule has 2 aromatic carbocycles. The van der Waals surface area contributed by atoms with Crippen molar-refractivity contribution in [2.75, 3.05) is 5.73 Å². The first-order valence-corrected chi connectivity index (χ1v) is 6.37. The van der Waals surface area contributed by atoms with Crippen LogP contribution < -0.4 is 5.73 Å². The summed E-state index contributed by atoms with van der Waals surface area (Å²) < 4.78 is 1.16. The fourth-order valence-electron chi connectivity index (χ4n) is 1.63. The van der Waals surface area contributed by atoms with Crippen LogP contribution >= 0.6 is 22.6 Å². The molecule has 0 aliphatic carbocycles.